The molecule has 0 heterocycles. The number of rotatable bonds is 5. The molecule has 0 bridgehead atoms. The highest BCUT2D eigenvalue weighted by Crippen LogP contribution is 2.25. The minimum absolute atomic E-state index is 0.0386. The van der Waals surface area contributed by atoms with Gasteiger partial charge < -0.3 is 14.8 Å². The van der Waals surface area contributed by atoms with E-state index in [1.54, 1.807) is 7.11 Å². The maximum atomic E-state index is 12.3. The molecule has 140 valence electrons. The molecule has 1 aromatic rings. The van der Waals surface area contributed by atoms with Gasteiger partial charge in [0, 0.05) is 6.04 Å². The van der Waals surface area contributed by atoms with Crippen LogP contribution in [0.4, 0.5) is 0 Å². The number of carbonyl (C=O) groups excluding carboxylic acids is 1. The molecule has 0 aliphatic heterocycles. The Bertz CT molecular complexity index is 492. The SMILES string of the molecule is COc1ccccc1OCC(=O)NC1CCCCCCCCCCC1. The van der Waals surface area contributed by atoms with E-state index in [1.165, 1.54) is 57.8 Å². The van der Waals surface area contributed by atoms with Crippen LogP contribution in [0.25, 0.3) is 0 Å². The molecule has 1 amide bonds. The normalized spacial score (nSPS) is 17.8. The van der Waals surface area contributed by atoms with Gasteiger partial charge in [0.05, 0.1) is 7.11 Å². The molecule has 0 saturated heterocycles. The first-order valence-corrected chi connectivity index (χ1v) is 9.85. The van der Waals surface area contributed by atoms with Crippen molar-refractivity contribution in [2.24, 2.45) is 0 Å². The molecule has 0 aromatic heterocycles. The number of para-hydroxylation sites is 2. The van der Waals surface area contributed by atoms with Crippen LogP contribution in [0.15, 0.2) is 24.3 Å². The third-order valence-corrected chi connectivity index (χ3v) is 4.90. The fourth-order valence-electron chi connectivity index (χ4n) is 3.46. The highest BCUT2D eigenvalue weighted by Gasteiger charge is 2.14. The summed E-state index contributed by atoms with van der Waals surface area (Å²) in [4.78, 5) is 12.3. The van der Waals surface area contributed by atoms with E-state index >= 15 is 0 Å². The van der Waals surface area contributed by atoms with Crippen LogP contribution in [0.3, 0.4) is 0 Å². The topological polar surface area (TPSA) is 47.6 Å². The molecule has 1 aliphatic carbocycles. The largest absolute Gasteiger partial charge is 0.493 e. The van der Waals surface area contributed by atoms with Gasteiger partial charge in [-0.1, -0.05) is 69.9 Å². The van der Waals surface area contributed by atoms with Gasteiger partial charge in [0.25, 0.3) is 5.91 Å². The lowest BCUT2D eigenvalue weighted by molar-refractivity contribution is -0.123. The van der Waals surface area contributed by atoms with E-state index in [4.69, 9.17) is 9.47 Å². The van der Waals surface area contributed by atoms with Gasteiger partial charge in [0.1, 0.15) is 0 Å². The van der Waals surface area contributed by atoms with Crippen molar-refractivity contribution in [1.82, 2.24) is 5.32 Å². The standard InChI is InChI=1S/C21H33NO3/c1-24-19-15-11-12-16-20(19)25-17-21(23)22-18-13-9-7-5-3-2-4-6-8-10-14-18/h11-12,15-16,18H,2-10,13-14,17H2,1H3,(H,22,23). The molecular formula is C21H33NO3. The van der Waals surface area contributed by atoms with Crippen molar-refractivity contribution in [2.75, 3.05) is 13.7 Å². The number of ether oxygens (including phenoxy) is 2. The number of carbonyl (C=O) groups is 1. The number of amides is 1. The summed E-state index contributed by atoms with van der Waals surface area (Å²) in [6.07, 6.45) is 13.9. The average Bonchev–Trinajstić information content (AvgIpc) is 2.62. The van der Waals surface area contributed by atoms with Gasteiger partial charge >= 0.3 is 0 Å². The van der Waals surface area contributed by atoms with Crippen LogP contribution in [0, 0.1) is 0 Å². The Hall–Kier alpha value is -1.71. The zero-order chi connectivity index (χ0) is 17.7. The Morgan fingerprint density at radius 1 is 0.920 bits per heavy atom. The molecule has 1 fully saturated rings. The van der Waals surface area contributed by atoms with Gasteiger partial charge in [0.2, 0.25) is 0 Å². The summed E-state index contributed by atoms with van der Waals surface area (Å²) in [5.74, 6) is 1.23. The molecule has 4 nitrogen and oxygen atoms in total. The predicted octanol–water partition coefficient (Wildman–Crippen LogP) is 4.86. The van der Waals surface area contributed by atoms with Crippen LogP contribution in [0.2, 0.25) is 0 Å². The van der Waals surface area contributed by atoms with E-state index in [2.05, 4.69) is 5.32 Å². The monoisotopic (exact) mass is 347 g/mol. The Labute approximate surface area is 152 Å². The molecule has 2 rings (SSSR count). The predicted molar refractivity (Wildman–Crippen MR) is 101 cm³/mol. The van der Waals surface area contributed by atoms with Crippen molar-refractivity contribution in [2.45, 2.75) is 76.7 Å². The van der Waals surface area contributed by atoms with Gasteiger partial charge in [-0.05, 0) is 25.0 Å². The van der Waals surface area contributed by atoms with E-state index in [0.29, 0.717) is 11.5 Å². The van der Waals surface area contributed by atoms with Crippen molar-refractivity contribution in [3.63, 3.8) is 0 Å². The number of hydrogen-bond acceptors (Lipinski definition) is 3. The maximum absolute atomic E-state index is 12.3. The van der Waals surface area contributed by atoms with E-state index in [0.717, 1.165) is 12.8 Å². The minimum Gasteiger partial charge on any atom is -0.493 e. The second-order valence-corrected chi connectivity index (χ2v) is 6.96. The number of nitrogens with one attached hydrogen (secondary N) is 1. The smallest absolute Gasteiger partial charge is 0.258 e. The van der Waals surface area contributed by atoms with E-state index in [1.807, 2.05) is 24.3 Å². The molecule has 4 heteroatoms. The first kappa shape index (κ1) is 19.6. The Balaban J connectivity index is 1.77. The minimum atomic E-state index is -0.0389. The molecule has 1 aromatic carbocycles. The Kier molecular flexibility index (Phi) is 9.24. The summed E-state index contributed by atoms with van der Waals surface area (Å²) in [6.45, 7) is 0.0386. The molecule has 1 N–H and O–H groups in total. The third kappa shape index (κ3) is 7.80. The third-order valence-electron chi connectivity index (χ3n) is 4.90. The molecule has 0 atom stereocenters. The Morgan fingerprint density at radius 2 is 1.44 bits per heavy atom. The fourth-order valence-corrected chi connectivity index (χ4v) is 3.46. The van der Waals surface area contributed by atoms with Crippen molar-refractivity contribution in [1.29, 1.82) is 0 Å². The highest BCUT2D eigenvalue weighted by atomic mass is 16.5. The van der Waals surface area contributed by atoms with Gasteiger partial charge in [-0.15, -0.1) is 0 Å². The van der Waals surface area contributed by atoms with Crippen molar-refractivity contribution >= 4 is 5.91 Å². The zero-order valence-electron chi connectivity index (χ0n) is 15.6. The first-order chi connectivity index (χ1) is 12.3. The van der Waals surface area contributed by atoms with Gasteiger partial charge in [0.15, 0.2) is 18.1 Å². The molecule has 0 radical (unpaired) electrons. The molecule has 1 aliphatic rings. The van der Waals surface area contributed by atoms with Crippen LogP contribution in [-0.2, 0) is 4.79 Å². The summed E-state index contributed by atoms with van der Waals surface area (Å²) >= 11 is 0. The van der Waals surface area contributed by atoms with Crippen molar-refractivity contribution in [3.05, 3.63) is 24.3 Å². The molecule has 25 heavy (non-hydrogen) atoms. The molecule has 0 spiro atoms. The van der Waals surface area contributed by atoms with Crippen molar-refractivity contribution in [3.8, 4) is 11.5 Å². The quantitative estimate of drug-likeness (QED) is 0.827. The lowest BCUT2D eigenvalue weighted by Crippen LogP contribution is -2.38. The molecule has 1 saturated carbocycles. The van der Waals surface area contributed by atoms with Gasteiger partial charge in [-0.25, -0.2) is 0 Å². The van der Waals surface area contributed by atoms with Crippen LogP contribution in [0.1, 0.15) is 70.6 Å². The number of methoxy groups -OCH3 is 1. The maximum Gasteiger partial charge on any atom is 0.258 e. The van der Waals surface area contributed by atoms with Gasteiger partial charge in [-0.3, -0.25) is 4.79 Å². The lowest BCUT2D eigenvalue weighted by Gasteiger charge is -2.20. The highest BCUT2D eigenvalue weighted by molar-refractivity contribution is 5.77. The fraction of sp³-hybridized carbons (Fsp3) is 0.667. The van der Waals surface area contributed by atoms with E-state index in [-0.39, 0.29) is 18.6 Å². The van der Waals surface area contributed by atoms with Crippen molar-refractivity contribution < 1.29 is 14.3 Å². The summed E-state index contributed by atoms with van der Waals surface area (Å²) in [6, 6.07) is 7.70. The summed E-state index contributed by atoms with van der Waals surface area (Å²) in [5.41, 5.74) is 0. The van der Waals surface area contributed by atoms with E-state index < -0.39 is 0 Å². The van der Waals surface area contributed by atoms with Crippen LogP contribution < -0.4 is 14.8 Å². The van der Waals surface area contributed by atoms with Crippen LogP contribution >= 0.6 is 0 Å². The summed E-state index contributed by atoms with van der Waals surface area (Å²) < 4.78 is 10.9. The second-order valence-electron chi connectivity index (χ2n) is 6.96. The Morgan fingerprint density at radius 3 is 2.00 bits per heavy atom. The zero-order valence-corrected chi connectivity index (χ0v) is 15.6. The second kappa shape index (κ2) is 11.8. The van der Waals surface area contributed by atoms with E-state index in [9.17, 15) is 4.79 Å². The van der Waals surface area contributed by atoms with Crippen LogP contribution in [-0.4, -0.2) is 25.7 Å². The summed E-state index contributed by atoms with van der Waals surface area (Å²) in [7, 11) is 1.60. The molecular weight excluding hydrogens is 314 g/mol. The van der Waals surface area contributed by atoms with Crippen LogP contribution in [0.5, 0.6) is 11.5 Å². The first-order valence-electron chi connectivity index (χ1n) is 9.85. The molecule has 0 unspecified atom stereocenters. The van der Waals surface area contributed by atoms with Gasteiger partial charge in [-0.2, -0.15) is 0 Å². The average molecular weight is 347 g/mol. The number of benzene rings is 1. The lowest BCUT2D eigenvalue weighted by atomic mass is 9.98. The summed E-state index contributed by atoms with van der Waals surface area (Å²) in [5, 5.41) is 3.17. The number of hydrogen-bond donors (Lipinski definition) is 1.